The maximum Gasteiger partial charge on any atom is 0.433 e. The van der Waals surface area contributed by atoms with Crippen LogP contribution < -0.4 is 10.2 Å². The molecule has 0 radical (unpaired) electrons. The van der Waals surface area contributed by atoms with E-state index in [-0.39, 0.29) is 12.4 Å². The molecule has 1 N–H and O–H groups in total. The SMILES string of the molecule is Cc1cc(CNCCN2CCN(c3ncc(-c4ccsc4)c4nc(C(F)(F)F)ccc34)CC2)no1.Cl. The van der Waals surface area contributed by atoms with Gasteiger partial charge in [0.25, 0.3) is 0 Å². The molecular weight excluding hydrogens is 513 g/mol. The highest BCUT2D eigenvalue weighted by Crippen LogP contribution is 2.36. The van der Waals surface area contributed by atoms with Crippen LogP contribution >= 0.6 is 23.7 Å². The Hall–Kier alpha value is -2.73. The molecule has 12 heteroatoms. The molecule has 0 aliphatic carbocycles. The summed E-state index contributed by atoms with van der Waals surface area (Å²) < 4.78 is 45.3. The van der Waals surface area contributed by atoms with Gasteiger partial charge in [-0.15, -0.1) is 12.4 Å². The van der Waals surface area contributed by atoms with Crippen LogP contribution in [0.25, 0.3) is 22.0 Å². The number of alkyl halides is 3. The summed E-state index contributed by atoms with van der Waals surface area (Å²) in [5.41, 5.74) is 1.76. The smallest absolute Gasteiger partial charge is 0.361 e. The summed E-state index contributed by atoms with van der Waals surface area (Å²) in [7, 11) is 0. The second kappa shape index (κ2) is 11.1. The van der Waals surface area contributed by atoms with Gasteiger partial charge in [0.15, 0.2) is 0 Å². The van der Waals surface area contributed by atoms with Crippen LogP contribution in [0, 0.1) is 6.92 Å². The zero-order valence-electron chi connectivity index (χ0n) is 19.6. The predicted molar refractivity (Wildman–Crippen MR) is 137 cm³/mol. The van der Waals surface area contributed by atoms with E-state index in [4.69, 9.17) is 4.52 Å². The van der Waals surface area contributed by atoms with Gasteiger partial charge < -0.3 is 14.7 Å². The molecule has 0 atom stereocenters. The fraction of sp³-hybridized carbons (Fsp3) is 0.375. The number of fused-ring (bicyclic) bond motifs is 1. The Morgan fingerprint density at radius 1 is 1.14 bits per heavy atom. The van der Waals surface area contributed by atoms with Crippen molar-refractivity contribution >= 4 is 40.5 Å². The van der Waals surface area contributed by atoms with Crippen molar-refractivity contribution in [3.05, 3.63) is 58.4 Å². The summed E-state index contributed by atoms with van der Waals surface area (Å²) in [6.07, 6.45) is -2.86. The molecule has 0 saturated carbocycles. The summed E-state index contributed by atoms with van der Waals surface area (Å²) in [6.45, 7) is 7.42. The number of aromatic nitrogens is 3. The van der Waals surface area contributed by atoms with Crippen molar-refractivity contribution in [2.75, 3.05) is 44.2 Å². The maximum absolute atomic E-state index is 13.4. The second-order valence-corrected chi connectivity index (χ2v) is 9.31. The van der Waals surface area contributed by atoms with Gasteiger partial charge in [-0.05, 0) is 41.4 Å². The lowest BCUT2D eigenvalue weighted by atomic mass is 10.1. The number of nitrogens with zero attached hydrogens (tertiary/aromatic N) is 5. The fourth-order valence-electron chi connectivity index (χ4n) is 4.28. The molecule has 7 nitrogen and oxygen atoms in total. The molecule has 0 bridgehead atoms. The topological polar surface area (TPSA) is 70.3 Å². The first-order chi connectivity index (χ1) is 16.9. The van der Waals surface area contributed by atoms with E-state index >= 15 is 0 Å². The van der Waals surface area contributed by atoms with Crippen LogP contribution in [0.15, 0.2) is 45.7 Å². The van der Waals surface area contributed by atoms with Crippen LogP contribution in [0.1, 0.15) is 17.1 Å². The number of hydrogen-bond acceptors (Lipinski definition) is 8. The molecule has 0 unspecified atom stereocenters. The van der Waals surface area contributed by atoms with Crippen molar-refractivity contribution in [1.82, 2.24) is 25.3 Å². The van der Waals surface area contributed by atoms with E-state index in [0.29, 0.717) is 28.8 Å². The number of aryl methyl sites for hydroxylation is 1. The predicted octanol–water partition coefficient (Wildman–Crippen LogP) is 5.01. The Morgan fingerprint density at radius 3 is 2.61 bits per heavy atom. The number of piperazine rings is 1. The molecule has 192 valence electrons. The minimum atomic E-state index is -4.50. The van der Waals surface area contributed by atoms with Gasteiger partial charge >= 0.3 is 6.18 Å². The van der Waals surface area contributed by atoms with Gasteiger partial charge in [0.05, 0.1) is 11.2 Å². The normalized spacial score (nSPS) is 14.8. The summed E-state index contributed by atoms with van der Waals surface area (Å²) >= 11 is 1.49. The Bertz CT molecular complexity index is 1290. The Morgan fingerprint density at radius 2 is 1.94 bits per heavy atom. The zero-order valence-corrected chi connectivity index (χ0v) is 21.2. The largest absolute Gasteiger partial charge is 0.433 e. The van der Waals surface area contributed by atoms with Crippen molar-refractivity contribution < 1.29 is 17.7 Å². The summed E-state index contributed by atoms with van der Waals surface area (Å²) in [5.74, 6) is 1.48. The molecule has 4 aromatic rings. The van der Waals surface area contributed by atoms with Crippen molar-refractivity contribution in [2.45, 2.75) is 19.6 Å². The molecule has 0 aromatic carbocycles. The monoisotopic (exact) mass is 538 g/mol. The number of pyridine rings is 2. The molecular formula is C24H26ClF3N6OS. The third-order valence-corrected chi connectivity index (χ3v) is 6.77. The first kappa shape index (κ1) is 26.3. The van der Waals surface area contributed by atoms with Gasteiger partial charge in [-0.3, -0.25) is 4.90 Å². The molecule has 1 aliphatic heterocycles. The van der Waals surface area contributed by atoms with Gasteiger partial charge in [-0.25, -0.2) is 9.97 Å². The maximum atomic E-state index is 13.4. The Balaban J connectivity index is 0.00000304. The molecule has 5 heterocycles. The lowest BCUT2D eigenvalue weighted by Crippen LogP contribution is -2.48. The Labute approximate surface area is 216 Å². The van der Waals surface area contributed by atoms with E-state index < -0.39 is 11.9 Å². The Kier molecular flexibility index (Phi) is 8.13. The molecule has 5 rings (SSSR count). The number of anilines is 1. The lowest BCUT2D eigenvalue weighted by molar-refractivity contribution is -0.140. The molecule has 1 aliphatic rings. The average molecular weight is 539 g/mol. The zero-order chi connectivity index (χ0) is 24.4. The second-order valence-electron chi connectivity index (χ2n) is 8.53. The molecule has 1 saturated heterocycles. The van der Waals surface area contributed by atoms with Gasteiger partial charge in [-0.1, -0.05) is 5.16 Å². The summed E-state index contributed by atoms with van der Waals surface area (Å²) in [4.78, 5) is 13.2. The molecule has 0 amide bonds. The molecule has 0 spiro atoms. The van der Waals surface area contributed by atoms with E-state index in [9.17, 15) is 13.2 Å². The van der Waals surface area contributed by atoms with Crippen molar-refractivity contribution in [3.63, 3.8) is 0 Å². The standard InChI is InChI=1S/C24H25F3N6OS.ClH/c1-16-12-18(31-34-16)13-28-5-6-32-7-9-33(10-8-32)23-19-2-3-21(24(25,26)27)30-22(19)20(14-29-23)17-4-11-35-15-17;/h2-4,11-12,14-15,28H,5-10,13H2,1H3;1H. The van der Waals surface area contributed by atoms with Crippen LogP contribution in [0.3, 0.4) is 0 Å². The van der Waals surface area contributed by atoms with Crippen LogP contribution in [0.2, 0.25) is 0 Å². The van der Waals surface area contributed by atoms with Gasteiger partial charge in [0, 0.05) is 69.0 Å². The number of hydrogen-bond donors (Lipinski definition) is 1. The third kappa shape index (κ3) is 5.80. The van der Waals surface area contributed by atoms with Crippen molar-refractivity contribution in [2.24, 2.45) is 0 Å². The first-order valence-corrected chi connectivity index (χ1v) is 12.3. The van der Waals surface area contributed by atoms with Crippen molar-refractivity contribution in [1.29, 1.82) is 0 Å². The van der Waals surface area contributed by atoms with E-state index in [1.165, 1.54) is 17.4 Å². The average Bonchev–Trinajstić information content (AvgIpc) is 3.53. The quantitative estimate of drug-likeness (QED) is 0.332. The van der Waals surface area contributed by atoms with Crippen LogP contribution in [-0.2, 0) is 12.7 Å². The summed E-state index contributed by atoms with van der Waals surface area (Å²) in [5, 5.41) is 11.8. The highest BCUT2D eigenvalue weighted by Gasteiger charge is 2.33. The van der Waals surface area contributed by atoms with E-state index in [2.05, 4.69) is 30.2 Å². The molecule has 36 heavy (non-hydrogen) atoms. The number of rotatable bonds is 7. The number of halogens is 4. The van der Waals surface area contributed by atoms with E-state index in [0.717, 1.165) is 62.4 Å². The van der Waals surface area contributed by atoms with E-state index in [1.807, 2.05) is 29.8 Å². The highest BCUT2D eigenvalue weighted by molar-refractivity contribution is 7.08. The highest BCUT2D eigenvalue weighted by atomic mass is 35.5. The van der Waals surface area contributed by atoms with Crippen LogP contribution in [0.4, 0.5) is 19.0 Å². The fourth-order valence-corrected chi connectivity index (χ4v) is 4.93. The van der Waals surface area contributed by atoms with Gasteiger partial charge in [-0.2, -0.15) is 24.5 Å². The lowest BCUT2D eigenvalue weighted by Gasteiger charge is -2.36. The first-order valence-electron chi connectivity index (χ1n) is 11.4. The van der Waals surface area contributed by atoms with E-state index in [1.54, 1.807) is 6.20 Å². The van der Waals surface area contributed by atoms with Crippen LogP contribution in [-0.4, -0.2) is 59.3 Å². The minimum absolute atomic E-state index is 0. The summed E-state index contributed by atoms with van der Waals surface area (Å²) in [6, 6.07) is 6.34. The molecule has 1 fully saturated rings. The third-order valence-electron chi connectivity index (χ3n) is 6.09. The minimum Gasteiger partial charge on any atom is -0.361 e. The van der Waals surface area contributed by atoms with Crippen LogP contribution in [0.5, 0.6) is 0 Å². The number of thiophene rings is 1. The number of nitrogens with one attached hydrogen (secondary N) is 1. The van der Waals surface area contributed by atoms with Gasteiger partial charge in [0.2, 0.25) is 0 Å². The molecule has 4 aromatic heterocycles. The van der Waals surface area contributed by atoms with Gasteiger partial charge in [0.1, 0.15) is 17.3 Å². The van der Waals surface area contributed by atoms with Crippen molar-refractivity contribution in [3.8, 4) is 11.1 Å².